The van der Waals surface area contributed by atoms with Crippen molar-refractivity contribution in [2.75, 3.05) is 13.3 Å². The Kier molecular flexibility index (Phi) is 3.06. The third kappa shape index (κ3) is 2.13. The summed E-state index contributed by atoms with van der Waals surface area (Å²) in [6.45, 7) is 1.66. The molecule has 0 aliphatic carbocycles. The average molecular weight is 248 g/mol. The normalized spacial score (nSPS) is 21.0. The first-order valence-corrected chi connectivity index (χ1v) is 6.23. The molecule has 3 rings (SSSR count). The Bertz CT molecular complexity index is 456. The van der Waals surface area contributed by atoms with Crippen LogP contribution in [0.5, 0.6) is 11.5 Å². The van der Waals surface area contributed by atoms with Crippen molar-refractivity contribution in [3.05, 3.63) is 23.8 Å². The van der Waals surface area contributed by atoms with Crippen LogP contribution in [0.2, 0.25) is 0 Å². The van der Waals surface area contributed by atoms with Gasteiger partial charge in [-0.25, -0.2) is 0 Å². The number of carbonyl (C=O) groups excluding carboxylic acids is 1. The molecule has 1 aromatic carbocycles. The van der Waals surface area contributed by atoms with Gasteiger partial charge in [0, 0.05) is 12.1 Å². The second-order valence-electron chi connectivity index (χ2n) is 4.52. The quantitative estimate of drug-likeness (QED) is 0.830. The highest BCUT2D eigenvalue weighted by Crippen LogP contribution is 2.35. The lowest BCUT2D eigenvalue weighted by Gasteiger charge is -2.12. The topological polar surface area (TPSA) is 59.6 Å². The molecule has 2 aliphatic heterocycles. The zero-order chi connectivity index (χ0) is 12.4. The van der Waals surface area contributed by atoms with E-state index in [2.05, 4.69) is 10.6 Å². The molecule has 2 aliphatic rings. The summed E-state index contributed by atoms with van der Waals surface area (Å²) < 4.78 is 10.7. The third-order valence-corrected chi connectivity index (χ3v) is 3.31. The molecule has 1 aromatic rings. The van der Waals surface area contributed by atoms with Gasteiger partial charge in [0.1, 0.15) is 0 Å². The van der Waals surface area contributed by atoms with Crippen LogP contribution in [0.25, 0.3) is 0 Å². The van der Waals surface area contributed by atoms with E-state index in [-0.39, 0.29) is 18.7 Å². The van der Waals surface area contributed by atoms with E-state index >= 15 is 0 Å². The van der Waals surface area contributed by atoms with E-state index in [9.17, 15) is 4.79 Å². The summed E-state index contributed by atoms with van der Waals surface area (Å²) in [5, 5.41) is 6.11. The predicted octanol–water partition coefficient (Wildman–Crippen LogP) is 0.783. The minimum atomic E-state index is -0.0427. The zero-order valence-corrected chi connectivity index (χ0v) is 10.1. The maximum Gasteiger partial charge on any atom is 0.237 e. The monoisotopic (exact) mass is 248 g/mol. The fraction of sp³-hybridized carbons (Fsp3) is 0.462. The Labute approximate surface area is 105 Å². The van der Waals surface area contributed by atoms with Gasteiger partial charge in [-0.3, -0.25) is 4.79 Å². The minimum Gasteiger partial charge on any atom is -0.454 e. The maximum atomic E-state index is 11.9. The third-order valence-electron chi connectivity index (χ3n) is 3.31. The Hall–Kier alpha value is -1.75. The molecule has 2 heterocycles. The van der Waals surface area contributed by atoms with Crippen molar-refractivity contribution in [1.82, 2.24) is 10.6 Å². The Morgan fingerprint density at radius 1 is 1.44 bits per heavy atom. The van der Waals surface area contributed by atoms with Gasteiger partial charge in [-0.15, -0.1) is 0 Å². The largest absolute Gasteiger partial charge is 0.454 e. The van der Waals surface area contributed by atoms with Crippen molar-refractivity contribution in [3.8, 4) is 11.5 Å². The molecular weight excluding hydrogens is 232 g/mol. The van der Waals surface area contributed by atoms with Crippen LogP contribution in [0.1, 0.15) is 18.4 Å². The van der Waals surface area contributed by atoms with Crippen molar-refractivity contribution in [1.29, 1.82) is 0 Å². The fourth-order valence-electron chi connectivity index (χ4n) is 2.34. The maximum absolute atomic E-state index is 11.9. The predicted molar refractivity (Wildman–Crippen MR) is 65.4 cm³/mol. The number of nitrogens with one attached hydrogen (secondary N) is 2. The zero-order valence-electron chi connectivity index (χ0n) is 10.1. The summed E-state index contributed by atoms with van der Waals surface area (Å²) >= 11 is 0. The van der Waals surface area contributed by atoms with E-state index in [0.717, 1.165) is 36.4 Å². The molecule has 96 valence electrons. The first-order chi connectivity index (χ1) is 8.84. The lowest BCUT2D eigenvalue weighted by molar-refractivity contribution is -0.122. The molecule has 0 aromatic heterocycles. The number of hydrogen-bond acceptors (Lipinski definition) is 4. The molecule has 1 atom stereocenters. The summed E-state index contributed by atoms with van der Waals surface area (Å²) in [4.78, 5) is 11.9. The Morgan fingerprint density at radius 2 is 2.39 bits per heavy atom. The van der Waals surface area contributed by atoms with Gasteiger partial charge in [-0.1, -0.05) is 12.1 Å². The van der Waals surface area contributed by atoms with E-state index < -0.39 is 0 Å². The summed E-state index contributed by atoms with van der Waals surface area (Å²) in [6.07, 6.45) is 1.98. The minimum absolute atomic E-state index is 0.0427. The van der Waals surface area contributed by atoms with Gasteiger partial charge in [0.15, 0.2) is 11.5 Å². The second-order valence-corrected chi connectivity index (χ2v) is 4.52. The van der Waals surface area contributed by atoms with E-state index in [4.69, 9.17) is 9.47 Å². The van der Waals surface area contributed by atoms with Crippen LogP contribution in [-0.4, -0.2) is 25.3 Å². The summed E-state index contributed by atoms with van der Waals surface area (Å²) in [5.74, 6) is 1.56. The first-order valence-electron chi connectivity index (χ1n) is 6.23. The number of para-hydroxylation sites is 1. The number of benzene rings is 1. The number of ether oxygens (including phenoxy) is 2. The smallest absolute Gasteiger partial charge is 0.237 e. The van der Waals surface area contributed by atoms with Gasteiger partial charge < -0.3 is 20.1 Å². The van der Waals surface area contributed by atoms with Crippen LogP contribution in [0.4, 0.5) is 0 Å². The average Bonchev–Trinajstić information content (AvgIpc) is 3.05. The van der Waals surface area contributed by atoms with Crippen LogP contribution in [0.15, 0.2) is 18.2 Å². The molecule has 1 saturated heterocycles. The second kappa shape index (κ2) is 4.86. The van der Waals surface area contributed by atoms with Crippen molar-refractivity contribution >= 4 is 5.91 Å². The molecule has 0 saturated carbocycles. The molecule has 0 radical (unpaired) electrons. The summed E-state index contributed by atoms with van der Waals surface area (Å²) in [7, 11) is 0. The molecular formula is C13H16N2O3. The lowest BCUT2D eigenvalue weighted by atomic mass is 10.1. The fourth-order valence-corrected chi connectivity index (χ4v) is 2.34. The van der Waals surface area contributed by atoms with Crippen LogP contribution in [0.3, 0.4) is 0 Å². The molecule has 0 spiro atoms. The van der Waals surface area contributed by atoms with Crippen molar-refractivity contribution in [2.24, 2.45) is 0 Å². The van der Waals surface area contributed by atoms with Crippen LogP contribution >= 0.6 is 0 Å². The highest BCUT2D eigenvalue weighted by Gasteiger charge is 2.22. The molecule has 1 fully saturated rings. The van der Waals surface area contributed by atoms with Crippen molar-refractivity contribution in [3.63, 3.8) is 0 Å². The van der Waals surface area contributed by atoms with Gasteiger partial charge in [0.2, 0.25) is 12.7 Å². The highest BCUT2D eigenvalue weighted by atomic mass is 16.7. The lowest BCUT2D eigenvalue weighted by Crippen LogP contribution is -2.40. The van der Waals surface area contributed by atoms with Gasteiger partial charge >= 0.3 is 0 Å². The van der Waals surface area contributed by atoms with Crippen molar-refractivity contribution < 1.29 is 14.3 Å². The Balaban J connectivity index is 1.63. The molecule has 0 unspecified atom stereocenters. The Morgan fingerprint density at radius 3 is 3.22 bits per heavy atom. The standard InChI is InChI=1S/C13H16N2O3/c16-13(10-4-2-6-14-10)15-7-9-3-1-5-11-12(9)18-8-17-11/h1,3,5,10,14H,2,4,6-8H2,(H,15,16)/t10-/m1/s1. The summed E-state index contributed by atoms with van der Waals surface area (Å²) in [5.41, 5.74) is 0.955. The number of amides is 1. The van der Waals surface area contributed by atoms with Gasteiger partial charge in [-0.2, -0.15) is 0 Å². The van der Waals surface area contributed by atoms with Crippen LogP contribution in [0, 0.1) is 0 Å². The molecule has 1 amide bonds. The van der Waals surface area contributed by atoms with Gasteiger partial charge in [-0.05, 0) is 25.5 Å². The van der Waals surface area contributed by atoms with Gasteiger partial charge in [0.05, 0.1) is 6.04 Å². The SMILES string of the molecule is O=C(NCc1cccc2c1OCO2)[C@H]1CCCN1. The molecule has 5 heteroatoms. The van der Waals surface area contributed by atoms with Gasteiger partial charge in [0.25, 0.3) is 0 Å². The van der Waals surface area contributed by atoms with Crippen molar-refractivity contribution in [2.45, 2.75) is 25.4 Å². The molecule has 5 nitrogen and oxygen atoms in total. The van der Waals surface area contributed by atoms with E-state index in [1.165, 1.54) is 0 Å². The number of rotatable bonds is 3. The number of fused-ring (bicyclic) bond motifs is 1. The molecule has 2 N–H and O–H groups in total. The molecule has 18 heavy (non-hydrogen) atoms. The van der Waals surface area contributed by atoms with Crippen LogP contribution < -0.4 is 20.1 Å². The number of carbonyl (C=O) groups is 1. The number of hydrogen-bond donors (Lipinski definition) is 2. The molecule has 0 bridgehead atoms. The summed E-state index contributed by atoms with van der Waals surface area (Å²) in [6, 6.07) is 5.67. The highest BCUT2D eigenvalue weighted by molar-refractivity contribution is 5.82. The first kappa shape index (κ1) is 11.3. The van der Waals surface area contributed by atoms with E-state index in [1.54, 1.807) is 0 Å². The van der Waals surface area contributed by atoms with E-state index in [0.29, 0.717) is 6.54 Å². The van der Waals surface area contributed by atoms with Crippen LogP contribution in [-0.2, 0) is 11.3 Å². The van der Waals surface area contributed by atoms with E-state index in [1.807, 2.05) is 18.2 Å².